The number of hydrogen-bond acceptors (Lipinski definition) is 0. The number of allylic oxidation sites excluding steroid dienone is 8. The van der Waals surface area contributed by atoms with Gasteiger partial charge in [-0.05, 0) is 40.7 Å². The van der Waals surface area contributed by atoms with Crippen LogP contribution in [-0.2, 0) is 0 Å². The Bertz CT molecular complexity index is 531. The molecule has 23 heavy (non-hydrogen) atoms. The lowest BCUT2D eigenvalue weighted by atomic mass is 9.83. The molecule has 6 unspecified atom stereocenters. The van der Waals surface area contributed by atoms with Crippen molar-refractivity contribution >= 4 is 8.07 Å². The van der Waals surface area contributed by atoms with Crippen molar-refractivity contribution in [3.8, 4) is 0 Å². The van der Waals surface area contributed by atoms with Crippen LogP contribution in [-0.4, -0.2) is 8.07 Å². The van der Waals surface area contributed by atoms with Gasteiger partial charge in [0.1, 0.15) is 0 Å². The van der Waals surface area contributed by atoms with E-state index in [1.165, 1.54) is 25.7 Å². The van der Waals surface area contributed by atoms with Gasteiger partial charge in [0.2, 0.25) is 0 Å². The number of rotatable bonds is 3. The maximum Gasteiger partial charge on any atom is 0.0550 e. The van der Waals surface area contributed by atoms with Crippen molar-refractivity contribution in [3.05, 3.63) is 48.6 Å². The Morgan fingerprint density at radius 1 is 0.783 bits per heavy atom. The van der Waals surface area contributed by atoms with Crippen LogP contribution in [0, 0.1) is 29.6 Å². The van der Waals surface area contributed by atoms with E-state index in [-0.39, 0.29) is 0 Å². The molecule has 1 heteroatoms. The van der Waals surface area contributed by atoms with E-state index in [4.69, 9.17) is 0 Å². The van der Waals surface area contributed by atoms with E-state index >= 15 is 0 Å². The van der Waals surface area contributed by atoms with Crippen LogP contribution in [0.4, 0.5) is 0 Å². The molecule has 0 aromatic heterocycles. The molecule has 2 saturated carbocycles. The van der Waals surface area contributed by atoms with E-state index < -0.39 is 8.07 Å². The van der Waals surface area contributed by atoms with Crippen molar-refractivity contribution < 1.29 is 0 Å². The summed E-state index contributed by atoms with van der Waals surface area (Å²) in [5.74, 6) is 4.11. The van der Waals surface area contributed by atoms with E-state index in [9.17, 15) is 0 Å². The minimum absolute atomic E-state index is 0.754. The molecule has 0 spiro atoms. The van der Waals surface area contributed by atoms with Crippen molar-refractivity contribution in [3.63, 3.8) is 0 Å². The molecule has 2 fully saturated rings. The molecule has 0 amide bonds. The second kappa shape index (κ2) is 5.92. The fraction of sp³-hybridized carbons (Fsp3) is 0.636. The zero-order chi connectivity index (χ0) is 16.0. The average molecular weight is 325 g/mol. The zero-order valence-electron chi connectivity index (χ0n) is 15.0. The molecule has 0 bridgehead atoms. The largest absolute Gasteiger partial charge is 0.0808 e. The van der Waals surface area contributed by atoms with Gasteiger partial charge < -0.3 is 0 Å². The first kappa shape index (κ1) is 15.7. The lowest BCUT2D eigenvalue weighted by Crippen LogP contribution is -2.44. The number of hydrogen-bond donors (Lipinski definition) is 0. The highest BCUT2D eigenvalue weighted by Gasteiger charge is 2.56. The predicted molar refractivity (Wildman–Crippen MR) is 103 cm³/mol. The Morgan fingerprint density at radius 3 is 1.83 bits per heavy atom. The van der Waals surface area contributed by atoms with E-state index in [1.807, 2.05) is 0 Å². The Morgan fingerprint density at radius 2 is 1.30 bits per heavy atom. The third-order valence-corrected chi connectivity index (χ3v) is 12.9. The van der Waals surface area contributed by atoms with Crippen LogP contribution in [0.2, 0.25) is 24.2 Å². The van der Waals surface area contributed by atoms with Crippen LogP contribution in [0.25, 0.3) is 0 Å². The third kappa shape index (κ3) is 2.38. The third-order valence-electron chi connectivity index (χ3n) is 7.72. The summed E-state index contributed by atoms with van der Waals surface area (Å²) in [6, 6.07) is 0. The topological polar surface area (TPSA) is 0 Å². The van der Waals surface area contributed by atoms with Crippen molar-refractivity contribution in [2.24, 2.45) is 29.6 Å². The van der Waals surface area contributed by atoms with E-state index in [1.54, 1.807) is 0 Å². The summed E-state index contributed by atoms with van der Waals surface area (Å²) in [5, 5.41) is 0. The predicted octanol–water partition coefficient (Wildman–Crippen LogP) is 6.38. The Kier molecular flexibility index (Phi) is 4.04. The fourth-order valence-electron chi connectivity index (χ4n) is 6.77. The van der Waals surface area contributed by atoms with Crippen LogP contribution in [0.5, 0.6) is 0 Å². The standard InChI is InChI=1S/C22H32Si/c1-4-16-10-9-15-21(16)23(2,3)22-19-13-7-5-11-17(19)18-12-6-8-14-20(18)22/h5-8,11-14,16-22H,4,9-10,15H2,1-3H3. The van der Waals surface area contributed by atoms with Gasteiger partial charge in [-0.15, -0.1) is 0 Å². The van der Waals surface area contributed by atoms with Crippen LogP contribution in [0.15, 0.2) is 48.6 Å². The lowest BCUT2D eigenvalue weighted by Gasteiger charge is -2.44. The molecule has 0 aromatic rings. The highest BCUT2D eigenvalue weighted by Crippen LogP contribution is 2.62. The van der Waals surface area contributed by atoms with Gasteiger partial charge in [-0.3, -0.25) is 0 Å². The van der Waals surface area contributed by atoms with Crippen molar-refractivity contribution in [1.82, 2.24) is 0 Å². The molecule has 0 aromatic carbocycles. The monoisotopic (exact) mass is 324 g/mol. The molecule has 4 aliphatic carbocycles. The highest BCUT2D eigenvalue weighted by atomic mass is 28.3. The second-order valence-corrected chi connectivity index (χ2v) is 14.0. The van der Waals surface area contributed by atoms with E-state index in [2.05, 4.69) is 68.6 Å². The van der Waals surface area contributed by atoms with Crippen LogP contribution in [0.3, 0.4) is 0 Å². The molecular formula is C22H32Si. The SMILES string of the molecule is CCC1CCCC1[Si](C)(C)C1C2C=CC=CC2C2C=CC=CC21. The first-order valence-electron chi connectivity index (χ1n) is 9.84. The van der Waals surface area contributed by atoms with Gasteiger partial charge in [0.25, 0.3) is 0 Å². The quantitative estimate of drug-likeness (QED) is 0.529. The Labute approximate surface area is 143 Å². The van der Waals surface area contributed by atoms with E-state index in [0.29, 0.717) is 0 Å². The maximum atomic E-state index is 2.74. The molecular weight excluding hydrogens is 292 g/mol. The first-order valence-corrected chi connectivity index (χ1v) is 13.0. The van der Waals surface area contributed by atoms with Gasteiger partial charge >= 0.3 is 0 Å². The van der Waals surface area contributed by atoms with Gasteiger partial charge in [-0.2, -0.15) is 0 Å². The molecule has 0 saturated heterocycles. The summed E-state index contributed by atoms with van der Waals surface area (Å²) in [6.45, 7) is 7.92. The summed E-state index contributed by atoms with van der Waals surface area (Å²) < 4.78 is 0. The van der Waals surface area contributed by atoms with Gasteiger partial charge in [0, 0.05) is 0 Å². The van der Waals surface area contributed by atoms with Gasteiger partial charge in [0.05, 0.1) is 8.07 Å². The molecule has 0 heterocycles. The molecule has 124 valence electrons. The molecule has 0 radical (unpaired) electrons. The van der Waals surface area contributed by atoms with E-state index in [0.717, 1.165) is 40.7 Å². The van der Waals surface area contributed by atoms with Crippen LogP contribution in [0.1, 0.15) is 32.6 Å². The number of fused-ring (bicyclic) bond motifs is 3. The Hall–Kier alpha value is -0.823. The molecule has 6 atom stereocenters. The minimum Gasteiger partial charge on any atom is -0.0808 e. The van der Waals surface area contributed by atoms with Gasteiger partial charge in [-0.1, -0.05) is 94.3 Å². The van der Waals surface area contributed by atoms with Crippen LogP contribution >= 0.6 is 0 Å². The van der Waals surface area contributed by atoms with Crippen molar-refractivity contribution in [2.45, 2.75) is 56.8 Å². The fourth-order valence-corrected chi connectivity index (χ4v) is 12.5. The molecule has 4 aliphatic rings. The smallest absolute Gasteiger partial charge is 0.0550 e. The summed E-state index contributed by atoms with van der Waals surface area (Å²) in [4.78, 5) is 0. The summed E-state index contributed by atoms with van der Waals surface area (Å²) >= 11 is 0. The second-order valence-electron chi connectivity index (χ2n) is 8.90. The molecule has 0 aliphatic heterocycles. The van der Waals surface area contributed by atoms with Gasteiger partial charge in [0.15, 0.2) is 0 Å². The molecule has 4 rings (SSSR count). The molecule has 0 N–H and O–H groups in total. The minimum atomic E-state index is -1.31. The molecule has 0 nitrogen and oxygen atoms in total. The normalized spacial score (nSPS) is 44.6. The van der Waals surface area contributed by atoms with Crippen LogP contribution < -0.4 is 0 Å². The summed E-state index contributed by atoms with van der Waals surface area (Å²) in [5.41, 5.74) is 1.98. The summed E-state index contributed by atoms with van der Waals surface area (Å²) in [7, 11) is -1.31. The van der Waals surface area contributed by atoms with Gasteiger partial charge in [-0.25, -0.2) is 0 Å². The van der Waals surface area contributed by atoms with Crippen molar-refractivity contribution in [1.29, 1.82) is 0 Å². The maximum absolute atomic E-state index is 2.74. The average Bonchev–Trinajstić information content (AvgIpc) is 3.18. The lowest BCUT2D eigenvalue weighted by molar-refractivity contribution is 0.461. The first-order chi connectivity index (χ1) is 11.1. The highest BCUT2D eigenvalue weighted by molar-refractivity contribution is 6.80. The summed E-state index contributed by atoms with van der Waals surface area (Å²) in [6.07, 6.45) is 25.3. The Balaban J connectivity index is 1.71. The zero-order valence-corrected chi connectivity index (χ0v) is 16.0. The van der Waals surface area contributed by atoms with Crippen molar-refractivity contribution in [2.75, 3.05) is 0 Å².